The number of benzene rings is 4. The summed E-state index contributed by atoms with van der Waals surface area (Å²) in [7, 11) is 0. The molecule has 0 bridgehead atoms. The molecule has 8 heteroatoms. The van der Waals surface area contributed by atoms with Crippen LogP contribution < -0.4 is 0 Å². The molecule has 4 aromatic rings. The zero-order chi connectivity index (χ0) is 28.6. The van der Waals surface area contributed by atoms with Crippen LogP contribution >= 0.6 is 11.8 Å². The Labute approximate surface area is 242 Å². The van der Waals surface area contributed by atoms with E-state index in [0.29, 0.717) is 16.7 Å². The van der Waals surface area contributed by atoms with Gasteiger partial charge in [0.05, 0.1) is 16.7 Å². The van der Waals surface area contributed by atoms with E-state index in [4.69, 9.17) is 18.9 Å². The predicted octanol–water partition coefficient (Wildman–Crippen LogP) is 6.12. The van der Waals surface area contributed by atoms with E-state index in [1.54, 1.807) is 91.0 Å². The van der Waals surface area contributed by atoms with Crippen molar-refractivity contribution in [2.75, 3.05) is 6.61 Å². The molecule has 0 N–H and O–H groups in total. The van der Waals surface area contributed by atoms with Crippen LogP contribution in [0, 0.1) is 6.92 Å². The van der Waals surface area contributed by atoms with Crippen molar-refractivity contribution in [1.82, 2.24) is 0 Å². The second-order valence-corrected chi connectivity index (χ2v) is 10.6. The largest absolute Gasteiger partial charge is 0.459 e. The number of hydrogen-bond donors (Lipinski definition) is 0. The number of aryl methyl sites for hydroxylation is 1. The molecular formula is C33H28O7S. The van der Waals surface area contributed by atoms with Crippen LogP contribution in [0.4, 0.5) is 0 Å². The van der Waals surface area contributed by atoms with Crippen LogP contribution in [-0.4, -0.2) is 48.3 Å². The quantitative estimate of drug-likeness (QED) is 0.176. The average molecular weight is 569 g/mol. The molecule has 0 amide bonds. The highest BCUT2D eigenvalue weighted by Gasteiger charge is 2.51. The maximum absolute atomic E-state index is 13.2. The zero-order valence-electron chi connectivity index (χ0n) is 22.3. The van der Waals surface area contributed by atoms with Crippen LogP contribution in [0.25, 0.3) is 0 Å². The summed E-state index contributed by atoms with van der Waals surface area (Å²) in [4.78, 5) is 40.0. The molecule has 0 radical (unpaired) electrons. The third-order valence-electron chi connectivity index (χ3n) is 6.43. The highest BCUT2D eigenvalue weighted by Crippen LogP contribution is 2.38. The van der Waals surface area contributed by atoms with Gasteiger partial charge < -0.3 is 18.9 Å². The van der Waals surface area contributed by atoms with Crippen molar-refractivity contribution in [1.29, 1.82) is 0 Å². The topological polar surface area (TPSA) is 88.1 Å². The molecule has 4 atom stereocenters. The first-order valence-corrected chi connectivity index (χ1v) is 14.0. The smallest absolute Gasteiger partial charge is 0.338 e. The number of thioether (sulfide) groups is 1. The van der Waals surface area contributed by atoms with Gasteiger partial charge in [0, 0.05) is 4.90 Å². The van der Waals surface area contributed by atoms with Gasteiger partial charge in [0.1, 0.15) is 18.1 Å². The van der Waals surface area contributed by atoms with Crippen LogP contribution in [0.15, 0.2) is 120 Å². The Bertz CT molecular complexity index is 1460. The molecule has 1 aliphatic heterocycles. The second kappa shape index (κ2) is 13.3. The first-order chi connectivity index (χ1) is 20.0. The van der Waals surface area contributed by atoms with Crippen molar-refractivity contribution in [3.63, 3.8) is 0 Å². The molecule has 0 aliphatic carbocycles. The summed E-state index contributed by atoms with van der Waals surface area (Å²) >= 11 is 1.33. The van der Waals surface area contributed by atoms with Crippen LogP contribution in [-0.2, 0) is 18.9 Å². The molecule has 4 aromatic carbocycles. The second-order valence-electron chi connectivity index (χ2n) is 9.41. The van der Waals surface area contributed by atoms with Gasteiger partial charge >= 0.3 is 17.9 Å². The summed E-state index contributed by atoms with van der Waals surface area (Å²) in [6, 6.07) is 33.4. The molecule has 1 saturated heterocycles. The molecule has 41 heavy (non-hydrogen) atoms. The van der Waals surface area contributed by atoms with Gasteiger partial charge in [-0.15, -0.1) is 0 Å². The molecule has 1 unspecified atom stereocenters. The Morgan fingerprint density at radius 1 is 0.634 bits per heavy atom. The standard InChI is InChI=1S/C33H28O7S/c1-22-17-19-26(20-18-22)41-33-29(40-32(36)25-15-9-4-10-16-25)28(39-31(35)24-13-7-3-8-14-24)27(38-33)21-37-30(34)23-11-5-2-6-12-23/h2-20,27-29,33H,21H2,1H3/t27-,28-,29-,33?/m1/s1. The highest BCUT2D eigenvalue weighted by molar-refractivity contribution is 7.99. The maximum atomic E-state index is 13.2. The van der Waals surface area contributed by atoms with Gasteiger partial charge in [0.25, 0.3) is 0 Å². The van der Waals surface area contributed by atoms with E-state index in [2.05, 4.69) is 0 Å². The van der Waals surface area contributed by atoms with Crippen molar-refractivity contribution >= 4 is 29.7 Å². The Balaban J connectivity index is 1.43. The van der Waals surface area contributed by atoms with Crippen LogP contribution in [0.1, 0.15) is 36.6 Å². The SMILES string of the molecule is Cc1ccc(SC2O[C@H](COC(=O)c3ccccc3)[C@@H](OC(=O)c3ccccc3)[C@H]2OC(=O)c2ccccc2)cc1. The normalized spacial score (nSPS) is 19.7. The van der Waals surface area contributed by atoms with Gasteiger partial charge in [0.2, 0.25) is 0 Å². The number of carbonyl (C=O) groups excluding carboxylic acids is 3. The lowest BCUT2D eigenvalue weighted by Gasteiger charge is -2.24. The monoisotopic (exact) mass is 568 g/mol. The lowest BCUT2D eigenvalue weighted by molar-refractivity contribution is -0.0435. The van der Waals surface area contributed by atoms with Gasteiger partial charge in [-0.1, -0.05) is 84.1 Å². The minimum absolute atomic E-state index is 0.217. The van der Waals surface area contributed by atoms with Gasteiger partial charge in [-0.25, -0.2) is 14.4 Å². The highest BCUT2D eigenvalue weighted by atomic mass is 32.2. The van der Waals surface area contributed by atoms with Gasteiger partial charge in [-0.05, 0) is 55.5 Å². The summed E-state index contributed by atoms with van der Waals surface area (Å²) in [5, 5.41) is 0. The van der Waals surface area contributed by atoms with E-state index in [9.17, 15) is 14.4 Å². The number of esters is 3. The fraction of sp³-hybridized carbons (Fsp3) is 0.182. The van der Waals surface area contributed by atoms with Gasteiger partial charge in [0.15, 0.2) is 12.2 Å². The number of ether oxygens (including phenoxy) is 4. The van der Waals surface area contributed by atoms with Gasteiger partial charge in [-0.2, -0.15) is 0 Å². The molecule has 1 fully saturated rings. The first-order valence-electron chi connectivity index (χ1n) is 13.1. The van der Waals surface area contributed by atoms with Crippen LogP contribution in [0.3, 0.4) is 0 Å². The van der Waals surface area contributed by atoms with E-state index < -0.39 is 41.7 Å². The van der Waals surface area contributed by atoms with Crippen molar-refractivity contribution in [3.8, 4) is 0 Å². The van der Waals surface area contributed by atoms with E-state index in [1.165, 1.54) is 11.8 Å². The Hall–Kier alpha value is -4.40. The summed E-state index contributed by atoms with van der Waals surface area (Å²) in [6.45, 7) is 1.77. The molecule has 1 aliphatic rings. The lowest BCUT2D eigenvalue weighted by Crippen LogP contribution is -2.41. The van der Waals surface area contributed by atoms with E-state index in [-0.39, 0.29) is 6.61 Å². The van der Waals surface area contributed by atoms with Crippen LogP contribution in [0.5, 0.6) is 0 Å². The zero-order valence-corrected chi connectivity index (χ0v) is 23.1. The fourth-order valence-corrected chi connectivity index (χ4v) is 5.39. The van der Waals surface area contributed by atoms with E-state index in [1.807, 2.05) is 31.2 Å². The maximum Gasteiger partial charge on any atom is 0.338 e. The molecule has 7 nitrogen and oxygen atoms in total. The van der Waals surface area contributed by atoms with Crippen LogP contribution in [0.2, 0.25) is 0 Å². The van der Waals surface area contributed by atoms with Gasteiger partial charge in [-0.3, -0.25) is 0 Å². The lowest BCUT2D eigenvalue weighted by atomic mass is 10.1. The van der Waals surface area contributed by atoms with Crippen molar-refractivity contribution < 1.29 is 33.3 Å². The molecule has 5 rings (SSSR count). The number of hydrogen-bond acceptors (Lipinski definition) is 8. The molecule has 1 heterocycles. The summed E-state index contributed by atoms with van der Waals surface area (Å²) in [5.41, 5.74) is 1.39. The summed E-state index contributed by atoms with van der Waals surface area (Å²) in [6.07, 6.45) is -2.95. The fourth-order valence-electron chi connectivity index (χ4n) is 4.29. The third-order valence-corrected chi connectivity index (χ3v) is 7.59. The van der Waals surface area contributed by atoms with Crippen molar-refractivity contribution in [2.45, 2.75) is 35.6 Å². The summed E-state index contributed by atoms with van der Waals surface area (Å²) in [5.74, 6) is -1.74. The minimum Gasteiger partial charge on any atom is -0.459 e. The third kappa shape index (κ3) is 7.22. The minimum atomic E-state index is -1.05. The average Bonchev–Trinajstić information content (AvgIpc) is 3.33. The Kier molecular flexibility index (Phi) is 9.13. The predicted molar refractivity (Wildman–Crippen MR) is 154 cm³/mol. The molecule has 208 valence electrons. The van der Waals surface area contributed by atoms with E-state index >= 15 is 0 Å². The molecular weight excluding hydrogens is 540 g/mol. The number of rotatable bonds is 9. The molecule has 0 saturated carbocycles. The number of carbonyl (C=O) groups is 3. The first kappa shape index (κ1) is 28.1. The van der Waals surface area contributed by atoms with Crippen molar-refractivity contribution in [2.24, 2.45) is 0 Å². The van der Waals surface area contributed by atoms with E-state index in [0.717, 1.165) is 10.5 Å². The van der Waals surface area contributed by atoms with Crippen molar-refractivity contribution in [3.05, 3.63) is 138 Å². The summed E-state index contributed by atoms with van der Waals surface area (Å²) < 4.78 is 23.8. The Morgan fingerprint density at radius 2 is 1.10 bits per heavy atom. The molecule has 0 spiro atoms. The molecule has 0 aromatic heterocycles. The Morgan fingerprint density at radius 3 is 1.61 bits per heavy atom.